The third kappa shape index (κ3) is 2.26. The van der Waals surface area contributed by atoms with Gasteiger partial charge in [-0.05, 0) is 48.9 Å². The summed E-state index contributed by atoms with van der Waals surface area (Å²) < 4.78 is 13.9. The van der Waals surface area contributed by atoms with Crippen LogP contribution in [0.25, 0.3) is 0 Å². The first kappa shape index (κ1) is 11.6. The van der Waals surface area contributed by atoms with Gasteiger partial charge >= 0.3 is 5.97 Å². The molecular weight excluding hydrogens is 275 g/mol. The first-order chi connectivity index (χ1) is 7.58. The van der Waals surface area contributed by atoms with Crippen molar-refractivity contribution in [1.29, 1.82) is 0 Å². The van der Waals surface area contributed by atoms with E-state index in [4.69, 9.17) is 5.11 Å². The van der Waals surface area contributed by atoms with E-state index in [0.29, 0.717) is 6.42 Å². The highest BCUT2D eigenvalue weighted by atomic mass is 79.9. The van der Waals surface area contributed by atoms with E-state index in [2.05, 4.69) is 15.9 Å². The van der Waals surface area contributed by atoms with Gasteiger partial charge in [0, 0.05) is 4.47 Å². The molecule has 4 heteroatoms. The molecule has 2 rings (SSSR count). The zero-order valence-corrected chi connectivity index (χ0v) is 10.2. The average Bonchev–Trinajstić information content (AvgIpc) is 2.16. The Morgan fingerprint density at radius 3 is 2.81 bits per heavy atom. The lowest BCUT2D eigenvalue weighted by Crippen LogP contribution is -2.34. The van der Waals surface area contributed by atoms with Crippen LogP contribution in [0, 0.1) is 17.7 Å². The third-order valence-electron chi connectivity index (χ3n) is 3.22. The highest BCUT2D eigenvalue weighted by molar-refractivity contribution is 9.10. The molecule has 1 fully saturated rings. The van der Waals surface area contributed by atoms with Gasteiger partial charge in [-0.3, -0.25) is 4.79 Å². The zero-order chi connectivity index (χ0) is 11.7. The highest BCUT2D eigenvalue weighted by Gasteiger charge is 2.36. The van der Waals surface area contributed by atoms with Crippen molar-refractivity contribution in [2.24, 2.45) is 11.8 Å². The van der Waals surface area contributed by atoms with Gasteiger partial charge in [-0.15, -0.1) is 0 Å². The number of halogens is 2. The first-order valence-electron chi connectivity index (χ1n) is 5.24. The predicted molar refractivity (Wildman–Crippen MR) is 61.7 cm³/mol. The Hall–Kier alpha value is -0.900. The van der Waals surface area contributed by atoms with Crippen molar-refractivity contribution in [2.75, 3.05) is 0 Å². The summed E-state index contributed by atoms with van der Waals surface area (Å²) in [5.74, 6) is -1.11. The number of benzene rings is 1. The number of carboxylic acids is 1. The van der Waals surface area contributed by atoms with Crippen LogP contribution in [0.5, 0.6) is 0 Å². The number of aliphatic carboxylic acids is 1. The van der Waals surface area contributed by atoms with Crippen LogP contribution < -0.4 is 0 Å². The lowest BCUT2D eigenvalue weighted by atomic mass is 9.71. The van der Waals surface area contributed by atoms with E-state index in [1.54, 1.807) is 6.07 Å². The second-order valence-corrected chi connectivity index (χ2v) is 5.08. The number of rotatable bonds is 3. The van der Waals surface area contributed by atoms with Crippen LogP contribution in [0.15, 0.2) is 22.7 Å². The SMILES string of the molecule is O=C(O)C1CCC1Cc1cc(F)ccc1Br. The molecule has 16 heavy (non-hydrogen) atoms. The molecule has 0 spiro atoms. The lowest BCUT2D eigenvalue weighted by Gasteiger charge is -2.33. The minimum atomic E-state index is -0.733. The molecule has 2 atom stereocenters. The van der Waals surface area contributed by atoms with E-state index in [9.17, 15) is 9.18 Å². The van der Waals surface area contributed by atoms with Crippen molar-refractivity contribution < 1.29 is 14.3 Å². The summed E-state index contributed by atoms with van der Waals surface area (Å²) in [5.41, 5.74) is 0.857. The highest BCUT2D eigenvalue weighted by Crippen LogP contribution is 2.38. The van der Waals surface area contributed by atoms with Crippen molar-refractivity contribution >= 4 is 21.9 Å². The van der Waals surface area contributed by atoms with Crippen LogP contribution in [0.1, 0.15) is 18.4 Å². The van der Waals surface area contributed by atoms with Crippen LogP contribution in [0.2, 0.25) is 0 Å². The van der Waals surface area contributed by atoms with Gasteiger partial charge in [-0.1, -0.05) is 15.9 Å². The van der Waals surface area contributed by atoms with Gasteiger partial charge in [0.1, 0.15) is 5.82 Å². The fraction of sp³-hybridized carbons (Fsp3) is 0.417. The Balaban J connectivity index is 2.09. The van der Waals surface area contributed by atoms with Crippen LogP contribution in [0.3, 0.4) is 0 Å². The van der Waals surface area contributed by atoms with Gasteiger partial charge in [-0.2, -0.15) is 0 Å². The molecule has 1 saturated carbocycles. The van der Waals surface area contributed by atoms with Crippen molar-refractivity contribution in [2.45, 2.75) is 19.3 Å². The minimum Gasteiger partial charge on any atom is -0.481 e. The summed E-state index contributed by atoms with van der Waals surface area (Å²) in [6.07, 6.45) is 2.29. The molecule has 0 heterocycles. The Labute approximate surface area is 102 Å². The lowest BCUT2D eigenvalue weighted by molar-refractivity contribution is -0.147. The third-order valence-corrected chi connectivity index (χ3v) is 4.00. The Kier molecular flexibility index (Phi) is 3.28. The van der Waals surface area contributed by atoms with Crippen LogP contribution >= 0.6 is 15.9 Å². The van der Waals surface area contributed by atoms with Crippen LogP contribution in [-0.4, -0.2) is 11.1 Å². The summed E-state index contributed by atoms with van der Waals surface area (Å²) in [4.78, 5) is 10.8. The molecule has 1 N–H and O–H groups in total. The molecule has 1 aliphatic rings. The number of hydrogen-bond acceptors (Lipinski definition) is 1. The Morgan fingerprint density at radius 2 is 2.25 bits per heavy atom. The molecular formula is C12H12BrFO2. The second-order valence-electron chi connectivity index (χ2n) is 4.22. The summed E-state index contributed by atoms with van der Waals surface area (Å²) in [5, 5.41) is 8.92. The molecule has 86 valence electrons. The Morgan fingerprint density at radius 1 is 1.50 bits per heavy atom. The monoisotopic (exact) mass is 286 g/mol. The molecule has 0 saturated heterocycles. The largest absolute Gasteiger partial charge is 0.481 e. The number of carbonyl (C=O) groups is 1. The summed E-state index contributed by atoms with van der Waals surface area (Å²) in [6, 6.07) is 4.53. The van der Waals surface area contributed by atoms with E-state index in [1.165, 1.54) is 12.1 Å². The van der Waals surface area contributed by atoms with Gasteiger partial charge < -0.3 is 5.11 Å². The summed E-state index contributed by atoms with van der Waals surface area (Å²) in [6.45, 7) is 0. The average molecular weight is 287 g/mol. The molecule has 2 nitrogen and oxygen atoms in total. The zero-order valence-electron chi connectivity index (χ0n) is 8.62. The predicted octanol–water partition coefficient (Wildman–Crippen LogP) is 3.24. The maximum absolute atomic E-state index is 13.0. The van der Waals surface area contributed by atoms with Gasteiger partial charge in [0.15, 0.2) is 0 Å². The number of carboxylic acid groups (broad SMARTS) is 1. The van der Waals surface area contributed by atoms with E-state index in [-0.39, 0.29) is 17.7 Å². The minimum absolute atomic E-state index is 0.149. The van der Waals surface area contributed by atoms with Crippen molar-refractivity contribution in [3.05, 3.63) is 34.1 Å². The van der Waals surface area contributed by atoms with Crippen LogP contribution in [0.4, 0.5) is 4.39 Å². The molecule has 1 aromatic carbocycles. The van der Waals surface area contributed by atoms with Crippen LogP contribution in [-0.2, 0) is 11.2 Å². The van der Waals surface area contributed by atoms with E-state index >= 15 is 0 Å². The first-order valence-corrected chi connectivity index (χ1v) is 6.04. The fourth-order valence-corrected chi connectivity index (χ4v) is 2.53. The molecule has 1 aromatic rings. The molecule has 2 unspecified atom stereocenters. The van der Waals surface area contributed by atoms with Gasteiger partial charge in [0.25, 0.3) is 0 Å². The topological polar surface area (TPSA) is 37.3 Å². The molecule has 0 aromatic heterocycles. The summed E-state index contributed by atoms with van der Waals surface area (Å²) >= 11 is 3.36. The molecule has 0 amide bonds. The standard InChI is InChI=1S/C12H12BrFO2/c13-11-4-2-9(14)6-8(11)5-7-1-3-10(7)12(15)16/h2,4,6-7,10H,1,3,5H2,(H,15,16). The van der Waals surface area contributed by atoms with Crippen molar-refractivity contribution in [3.63, 3.8) is 0 Å². The van der Waals surface area contributed by atoms with Crippen molar-refractivity contribution in [3.8, 4) is 0 Å². The smallest absolute Gasteiger partial charge is 0.306 e. The summed E-state index contributed by atoms with van der Waals surface area (Å²) in [7, 11) is 0. The van der Waals surface area contributed by atoms with Gasteiger partial charge in [0.2, 0.25) is 0 Å². The molecule has 0 aliphatic heterocycles. The Bertz CT molecular complexity index is 419. The molecule has 1 aliphatic carbocycles. The maximum Gasteiger partial charge on any atom is 0.306 e. The maximum atomic E-state index is 13.0. The number of hydrogen-bond donors (Lipinski definition) is 1. The quantitative estimate of drug-likeness (QED) is 0.926. The molecule has 0 radical (unpaired) electrons. The van der Waals surface area contributed by atoms with Gasteiger partial charge in [-0.25, -0.2) is 4.39 Å². The van der Waals surface area contributed by atoms with E-state index < -0.39 is 5.97 Å². The van der Waals surface area contributed by atoms with Gasteiger partial charge in [0.05, 0.1) is 5.92 Å². The van der Waals surface area contributed by atoms with Crippen molar-refractivity contribution in [1.82, 2.24) is 0 Å². The van der Waals surface area contributed by atoms with E-state index in [1.807, 2.05) is 0 Å². The normalized spacial score (nSPS) is 23.9. The molecule has 0 bridgehead atoms. The second kappa shape index (κ2) is 4.53. The fourth-order valence-electron chi connectivity index (χ4n) is 2.12. The van der Waals surface area contributed by atoms with E-state index in [0.717, 1.165) is 22.9 Å².